The number of hydrogen-bond donors (Lipinski definition) is 2. The number of nitrogens with zero attached hydrogens (tertiary/aromatic N) is 4. The lowest BCUT2D eigenvalue weighted by Crippen LogP contribution is -2.37. The summed E-state index contributed by atoms with van der Waals surface area (Å²) >= 11 is 0. The zero-order valence-corrected chi connectivity index (χ0v) is 18.6. The Morgan fingerprint density at radius 2 is 2.03 bits per heavy atom. The molecular weight excluding hydrogens is 483 g/mol. The Hall–Kier alpha value is -2.56. The monoisotopic (exact) mass is 508 g/mol. The summed E-state index contributed by atoms with van der Waals surface area (Å²) in [4.78, 5) is 4.66. The summed E-state index contributed by atoms with van der Waals surface area (Å²) in [6, 6.07) is 11.8. The molecule has 2 aromatic heterocycles. The van der Waals surface area contributed by atoms with Crippen molar-refractivity contribution in [3.05, 3.63) is 54.0 Å². The molecule has 9 heteroatoms. The molecule has 0 spiro atoms. The molecule has 1 aliphatic rings. The van der Waals surface area contributed by atoms with Crippen LogP contribution in [0, 0.1) is 0 Å². The summed E-state index contributed by atoms with van der Waals surface area (Å²) in [5.41, 5.74) is 1.96. The van der Waals surface area contributed by atoms with Crippen molar-refractivity contribution in [1.82, 2.24) is 25.2 Å². The van der Waals surface area contributed by atoms with Gasteiger partial charge in [-0.1, -0.05) is 12.1 Å². The van der Waals surface area contributed by atoms with Crippen molar-refractivity contribution in [2.45, 2.75) is 26.3 Å². The molecular formula is C20H25IN6O2. The third kappa shape index (κ3) is 5.28. The van der Waals surface area contributed by atoms with Crippen LogP contribution in [0.4, 0.5) is 0 Å². The van der Waals surface area contributed by atoms with Crippen LogP contribution in [-0.2, 0) is 13.0 Å². The van der Waals surface area contributed by atoms with Gasteiger partial charge in [0.1, 0.15) is 5.82 Å². The number of nitrogens with one attached hydrogen (secondary N) is 2. The lowest BCUT2D eigenvalue weighted by atomic mass is 10.2. The van der Waals surface area contributed by atoms with Gasteiger partial charge in [0.2, 0.25) is 6.79 Å². The first-order chi connectivity index (χ1) is 13.8. The van der Waals surface area contributed by atoms with Crippen molar-refractivity contribution >= 4 is 35.6 Å². The highest BCUT2D eigenvalue weighted by atomic mass is 127. The fraction of sp³-hybridized carbons (Fsp3) is 0.350. The zero-order valence-electron chi connectivity index (χ0n) is 16.3. The number of benzene rings is 1. The maximum atomic E-state index is 5.42. The first-order valence-electron chi connectivity index (χ1n) is 9.53. The third-order valence-electron chi connectivity index (χ3n) is 4.45. The van der Waals surface area contributed by atoms with Crippen LogP contribution in [0.3, 0.4) is 0 Å². The molecule has 1 aliphatic heterocycles. The molecule has 3 aromatic rings. The van der Waals surface area contributed by atoms with Gasteiger partial charge < -0.3 is 20.1 Å². The van der Waals surface area contributed by atoms with E-state index in [9.17, 15) is 0 Å². The van der Waals surface area contributed by atoms with Crippen molar-refractivity contribution in [3.8, 4) is 11.5 Å². The molecule has 154 valence electrons. The van der Waals surface area contributed by atoms with Crippen LogP contribution in [0.25, 0.3) is 5.65 Å². The molecule has 0 bridgehead atoms. The molecule has 8 nitrogen and oxygen atoms in total. The Balaban J connectivity index is 0.00000240. The number of ether oxygens (including phenoxy) is 2. The van der Waals surface area contributed by atoms with E-state index >= 15 is 0 Å². The molecule has 0 amide bonds. The minimum absolute atomic E-state index is 0. The number of fused-ring (bicyclic) bond motifs is 2. The fourth-order valence-corrected chi connectivity index (χ4v) is 3.07. The van der Waals surface area contributed by atoms with Gasteiger partial charge in [-0.25, -0.2) is 4.99 Å². The highest BCUT2D eigenvalue weighted by Gasteiger charge is 2.13. The maximum Gasteiger partial charge on any atom is 0.231 e. The van der Waals surface area contributed by atoms with Crippen molar-refractivity contribution < 1.29 is 9.47 Å². The highest BCUT2D eigenvalue weighted by molar-refractivity contribution is 14.0. The maximum absolute atomic E-state index is 5.42. The molecule has 1 aromatic carbocycles. The third-order valence-corrected chi connectivity index (χ3v) is 4.45. The lowest BCUT2D eigenvalue weighted by Gasteiger charge is -2.11. The van der Waals surface area contributed by atoms with Gasteiger partial charge in [0.05, 0.1) is 6.54 Å². The van der Waals surface area contributed by atoms with Gasteiger partial charge in [-0.2, -0.15) is 0 Å². The fourth-order valence-electron chi connectivity index (χ4n) is 3.07. The first kappa shape index (κ1) is 21.2. The second-order valence-corrected chi connectivity index (χ2v) is 6.46. The highest BCUT2D eigenvalue weighted by Crippen LogP contribution is 2.32. The number of rotatable bonds is 7. The van der Waals surface area contributed by atoms with E-state index in [1.807, 2.05) is 47.0 Å². The first-order valence-corrected chi connectivity index (χ1v) is 9.53. The van der Waals surface area contributed by atoms with E-state index < -0.39 is 0 Å². The predicted octanol–water partition coefficient (Wildman–Crippen LogP) is 2.76. The Morgan fingerprint density at radius 3 is 2.93 bits per heavy atom. The number of guanidine groups is 1. The molecule has 0 radical (unpaired) electrons. The average molecular weight is 508 g/mol. The van der Waals surface area contributed by atoms with Gasteiger partial charge in [0.15, 0.2) is 23.1 Å². The summed E-state index contributed by atoms with van der Waals surface area (Å²) in [5.74, 6) is 3.34. The van der Waals surface area contributed by atoms with E-state index in [1.165, 1.54) is 0 Å². The van der Waals surface area contributed by atoms with Crippen LogP contribution in [-0.4, -0.2) is 40.4 Å². The van der Waals surface area contributed by atoms with Crippen molar-refractivity contribution in [2.75, 3.05) is 19.9 Å². The topological polar surface area (TPSA) is 85.1 Å². The average Bonchev–Trinajstić information content (AvgIpc) is 3.35. The molecule has 4 rings (SSSR count). The predicted molar refractivity (Wildman–Crippen MR) is 122 cm³/mol. The molecule has 0 atom stereocenters. The van der Waals surface area contributed by atoms with Crippen LogP contribution >= 0.6 is 24.0 Å². The molecule has 0 fully saturated rings. The van der Waals surface area contributed by atoms with Gasteiger partial charge in [0, 0.05) is 25.7 Å². The Labute approximate surface area is 186 Å². The summed E-state index contributed by atoms with van der Waals surface area (Å²) in [5, 5.41) is 15.1. The van der Waals surface area contributed by atoms with E-state index in [-0.39, 0.29) is 30.8 Å². The largest absolute Gasteiger partial charge is 0.454 e. The van der Waals surface area contributed by atoms with E-state index in [2.05, 4.69) is 32.7 Å². The summed E-state index contributed by atoms with van der Waals surface area (Å²) in [7, 11) is 0. The number of pyridine rings is 1. The molecule has 0 saturated heterocycles. The Bertz CT molecular complexity index is 975. The minimum Gasteiger partial charge on any atom is -0.454 e. The van der Waals surface area contributed by atoms with E-state index in [0.717, 1.165) is 60.4 Å². The molecule has 2 N–H and O–H groups in total. The van der Waals surface area contributed by atoms with Gasteiger partial charge in [-0.15, -0.1) is 34.2 Å². The second-order valence-electron chi connectivity index (χ2n) is 6.46. The van der Waals surface area contributed by atoms with Crippen molar-refractivity contribution in [3.63, 3.8) is 0 Å². The zero-order chi connectivity index (χ0) is 19.2. The van der Waals surface area contributed by atoms with E-state index in [4.69, 9.17) is 9.47 Å². The summed E-state index contributed by atoms with van der Waals surface area (Å²) < 4.78 is 12.8. The second kappa shape index (κ2) is 10.3. The van der Waals surface area contributed by atoms with Crippen LogP contribution in [0.5, 0.6) is 11.5 Å². The molecule has 3 heterocycles. The van der Waals surface area contributed by atoms with Crippen LogP contribution < -0.4 is 20.1 Å². The van der Waals surface area contributed by atoms with Crippen molar-refractivity contribution in [2.24, 2.45) is 4.99 Å². The minimum atomic E-state index is 0. The van der Waals surface area contributed by atoms with Crippen LogP contribution in [0.2, 0.25) is 0 Å². The number of aryl methyl sites for hydroxylation is 1. The quantitative estimate of drug-likeness (QED) is 0.221. The normalized spacial score (nSPS) is 12.7. The van der Waals surface area contributed by atoms with Gasteiger partial charge in [-0.05, 0) is 43.2 Å². The SMILES string of the molecule is CCNC(=NCc1ccc2c(c1)OCO2)NCCCc1nnc2ccccn12.I. The molecule has 0 unspecified atom stereocenters. The number of hydrogen-bond acceptors (Lipinski definition) is 5. The number of aromatic nitrogens is 3. The van der Waals surface area contributed by atoms with Gasteiger partial charge in [-0.3, -0.25) is 4.40 Å². The van der Waals surface area contributed by atoms with Crippen LogP contribution in [0.1, 0.15) is 24.7 Å². The Kier molecular flexibility index (Phi) is 7.50. The van der Waals surface area contributed by atoms with Gasteiger partial charge in [0.25, 0.3) is 0 Å². The van der Waals surface area contributed by atoms with E-state index in [1.54, 1.807) is 0 Å². The van der Waals surface area contributed by atoms with Gasteiger partial charge >= 0.3 is 0 Å². The Morgan fingerprint density at radius 1 is 1.14 bits per heavy atom. The number of aliphatic imine (C=N–C) groups is 1. The van der Waals surface area contributed by atoms with E-state index in [0.29, 0.717) is 6.54 Å². The lowest BCUT2D eigenvalue weighted by molar-refractivity contribution is 0.174. The smallest absolute Gasteiger partial charge is 0.231 e. The van der Waals surface area contributed by atoms with Crippen molar-refractivity contribution in [1.29, 1.82) is 0 Å². The number of halogens is 1. The molecule has 0 saturated carbocycles. The molecule has 0 aliphatic carbocycles. The molecule has 29 heavy (non-hydrogen) atoms. The standard InChI is InChI=1S/C20H24N6O2.HI/c1-2-21-20(23-13-15-8-9-16-17(12-15)28-14-27-16)22-10-5-7-19-25-24-18-6-3-4-11-26(18)19;/h3-4,6,8-9,11-12H,2,5,7,10,13-14H2,1H3,(H2,21,22,23);1H. The van der Waals surface area contributed by atoms with Crippen LogP contribution in [0.15, 0.2) is 47.6 Å². The summed E-state index contributed by atoms with van der Waals surface area (Å²) in [6.45, 7) is 4.52. The summed E-state index contributed by atoms with van der Waals surface area (Å²) in [6.07, 6.45) is 3.78.